The van der Waals surface area contributed by atoms with E-state index in [1.165, 1.54) is 18.3 Å². The highest BCUT2D eigenvalue weighted by Crippen LogP contribution is 2.58. The highest BCUT2D eigenvalue weighted by molar-refractivity contribution is 7.90. The Morgan fingerprint density at radius 2 is 2.23 bits per heavy atom. The second kappa shape index (κ2) is 5.72. The molecule has 1 saturated carbocycles. The molecule has 120 valence electrons. The molecule has 0 saturated heterocycles. The fourth-order valence-corrected chi connectivity index (χ4v) is 4.06. The summed E-state index contributed by atoms with van der Waals surface area (Å²) in [5.41, 5.74) is -0.684. The van der Waals surface area contributed by atoms with Crippen molar-refractivity contribution in [2.24, 2.45) is 17.3 Å². The average Bonchev–Trinajstić information content (AvgIpc) is 3.23. The normalized spacial score (nSPS) is 23.9. The topological polar surface area (TPSA) is 88.2 Å². The van der Waals surface area contributed by atoms with Crippen LogP contribution in [0.4, 0.5) is 5.82 Å². The Balaban J connectivity index is 2.30. The van der Waals surface area contributed by atoms with E-state index in [9.17, 15) is 13.2 Å². The number of pyridine rings is 1. The third kappa shape index (κ3) is 2.61. The Bertz CT molecular complexity index is 700. The number of aromatic nitrogens is 1. The van der Waals surface area contributed by atoms with Gasteiger partial charge in [-0.25, -0.2) is 18.1 Å². The van der Waals surface area contributed by atoms with Gasteiger partial charge in [0.05, 0.1) is 5.41 Å². The van der Waals surface area contributed by atoms with Crippen LogP contribution in [0.15, 0.2) is 35.9 Å². The van der Waals surface area contributed by atoms with Gasteiger partial charge in [-0.05, 0) is 30.4 Å². The van der Waals surface area contributed by atoms with Crippen molar-refractivity contribution >= 4 is 21.7 Å². The van der Waals surface area contributed by atoms with Crippen molar-refractivity contribution in [3.05, 3.63) is 31.0 Å². The van der Waals surface area contributed by atoms with Gasteiger partial charge in [-0.2, -0.15) is 0 Å². The summed E-state index contributed by atoms with van der Waals surface area (Å²) in [5.74, 6) is -0.223. The molecule has 1 aromatic rings. The zero-order valence-electron chi connectivity index (χ0n) is 13.0. The summed E-state index contributed by atoms with van der Waals surface area (Å²) in [5, 5.41) is 2.71. The van der Waals surface area contributed by atoms with Gasteiger partial charge in [0.15, 0.2) is 0 Å². The molecular weight excluding hydrogens is 302 g/mol. The van der Waals surface area contributed by atoms with Crippen molar-refractivity contribution in [2.45, 2.75) is 25.2 Å². The minimum absolute atomic E-state index is 0.0142. The summed E-state index contributed by atoms with van der Waals surface area (Å²) >= 11 is 0. The Labute approximate surface area is 131 Å². The van der Waals surface area contributed by atoms with Crippen molar-refractivity contribution in [3.8, 4) is 0 Å². The first kappa shape index (κ1) is 16.5. The number of anilines is 1. The first-order chi connectivity index (χ1) is 10.3. The summed E-state index contributed by atoms with van der Waals surface area (Å²) in [6, 6.07) is 2.93. The molecule has 22 heavy (non-hydrogen) atoms. The molecule has 2 atom stereocenters. The van der Waals surface area contributed by atoms with Crippen molar-refractivity contribution in [2.75, 3.05) is 12.4 Å². The number of nitrogens with one attached hydrogen (secondary N) is 2. The van der Waals surface area contributed by atoms with Crippen LogP contribution < -0.4 is 10.0 Å². The minimum Gasteiger partial charge on any atom is -0.372 e. The molecule has 2 N–H and O–H groups in total. The molecular formula is C15H21N3O3S. The van der Waals surface area contributed by atoms with E-state index in [-0.39, 0.29) is 22.5 Å². The third-order valence-corrected chi connectivity index (χ3v) is 5.68. The zero-order chi connectivity index (χ0) is 16.5. The lowest BCUT2D eigenvalue weighted by atomic mass is 9.89. The average molecular weight is 323 g/mol. The van der Waals surface area contributed by atoms with E-state index in [1.54, 1.807) is 13.1 Å². The van der Waals surface area contributed by atoms with Gasteiger partial charge < -0.3 is 5.32 Å². The number of amides is 1. The third-order valence-electron chi connectivity index (χ3n) is 4.32. The van der Waals surface area contributed by atoms with Gasteiger partial charge in [-0.3, -0.25) is 4.79 Å². The van der Waals surface area contributed by atoms with Gasteiger partial charge in [0.25, 0.3) is 10.0 Å². The molecule has 0 aromatic carbocycles. The number of allylic oxidation sites excluding steroid dienone is 1. The zero-order valence-corrected chi connectivity index (χ0v) is 13.8. The van der Waals surface area contributed by atoms with Crippen LogP contribution >= 0.6 is 0 Å². The molecule has 0 spiro atoms. The molecule has 1 fully saturated rings. The number of carbonyl (C=O) groups is 1. The van der Waals surface area contributed by atoms with Crippen LogP contribution in [0.1, 0.15) is 20.3 Å². The molecule has 0 bridgehead atoms. The molecule has 2 rings (SSSR count). The maximum Gasteiger partial charge on any atom is 0.267 e. The van der Waals surface area contributed by atoms with Crippen LogP contribution in [0.25, 0.3) is 0 Å². The highest BCUT2D eigenvalue weighted by atomic mass is 32.2. The first-order valence-electron chi connectivity index (χ1n) is 7.12. The van der Waals surface area contributed by atoms with Crippen molar-refractivity contribution in [1.82, 2.24) is 9.71 Å². The van der Waals surface area contributed by atoms with Gasteiger partial charge in [-0.15, -0.1) is 6.58 Å². The van der Waals surface area contributed by atoms with E-state index < -0.39 is 21.3 Å². The SMILES string of the molecule is C=C[C@@H]1C[C@@]1(C(=O)NS(=O)(=O)c1cccnc1NC)C(C)C. The standard InChI is InChI=1S/C15H21N3O3S/c1-5-11-9-15(11,10(2)3)14(19)18-22(20,21)12-7-6-8-17-13(12)16-4/h5-8,10-11H,1,9H2,2-4H3,(H,16,17)(H,18,19)/t11-,15-/m1/s1. The Morgan fingerprint density at radius 3 is 2.73 bits per heavy atom. The van der Waals surface area contributed by atoms with Gasteiger partial charge in [0, 0.05) is 13.2 Å². The van der Waals surface area contributed by atoms with Gasteiger partial charge in [0.2, 0.25) is 5.91 Å². The van der Waals surface area contributed by atoms with Crippen LogP contribution in [0.5, 0.6) is 0 Å². The van der Waals surface area contributed by atoms with Gasteiger partial charge in [-0.1, -0.05) is 19.9 Å². The molecule has 0 unspecified atom stereocenters. The molecule has 0 aliphatic heterocycles. The Morgan fingerprint density at radius 1 is 1.55 bits per heavy atom. The minimum atomic E-state index is -3.97. The summed E-state index contributed by atoms with van der Waals surface area (Å²) < 4.78 is 27.2. The van der Waals surface area contributed by atoms with Crippen LogP contribution in [-0.4, -0.2) is 26.4 Å². The molecule has 1 aliphatic carbocycles. The molecule has 7 heteroatoms. The van der Waals surface area contributed by atoms with Crippen LogP contribution in [0, 0.1) is 17.3 Å². The quantitative estimate of drug-likeness (QED) is 0.779. The maximum absolute atomic E-state index is 12.5. The molecule has 1 aliphatic rings. The van der Waals surface area contributed by atoms with E-state index >= 15 is 0 Å². The summed E-state index contributed by atoms with van der Waals surface area (Å²) in [6.45, 7) is 7.55. The number of rotatable bonds is 6. The first-order valence-corrected chi connectivity index (χ1v) is 8.60. The largest absolute Gasteiger partial charge is 0.372 e. The summed E-state index contributed by atoms with van der Waals surface area (Å²) in [7, 11) is -2.39. The molecule has 6 nitrogen and oxygen atoms in total. The fourth-order valence-electron chi connectivity index (χ4n) is 2.85. The van der Waals surface area contributed by atoms with Crippen LogP contribution in [0.3, 0.4) is 0 Å². The van der Waals surface area contributed by atoms with Crippen molar-refractivity contribution in [3.63, 3.8) is 0 Å². The fraction of sp³-hybridized carbons (Fsp3) is 0.467. The molecule has 1 aromatic heterocycles. The number of nitrogens with zero attached hydrogens (tertiary/aromatic N) is 1. The molecule has 1 amide bonds. The van der Waals surface area contributed by atoms with E-state index in [0.717, 1.165) is 0 Å². The van der Waals surface area contributed by atoms with E-state index in [4.69, 9.17) is 0 Å². The number of sulfonamides is 1. The van der Waals surface area contributed by atoms with Crippen LogP contribution in [0.2, 0.25) is 0 Å². The molecule has 1 heterocycles. The highest BCUT2D eigenvalue weighted by Gasteiger charge is 2.60. The Kier molecular flexibility index (Phi) is 4.28. The summed E-state index contributed by atoms with van der Waals surface area (Å²) in [6.07, 6.45) is 3.83. The van der Waals surface area contributed by atoms with E-state index in [2.05, 4.69) is 21.6 Å². The number of hydrogen-bond donors (Lipinski definition) is 2. The van der Waals surface area contributed by atoms with Crippen molar-refractivity contribution < 1.29 is 13.2 Å². The van der Waals surface area contributed by atoms with E-state index in [0.29, 0.717) is 6.42 Å². The number of carbonyl (C=O) groups excluding carboxylic acids is 1. The van der Waals surface area contributed by atoms with E-state index in [1.807, 2.05) is 13.8 Å². The van der Waals surface area contributed by atoms with Crippen molar-refractivity contribution in [1.29, 1.82) is 0 Å². The Hall–Kier alpha value is -1.89. The van der Waals surface area contributed by atoms with Gasteiger partial charge >= 0.3 is 0 Å². The molecule has 0 radical (unpaired) electrons. The van der Waals surface area contributed by atoms with Crippen LogP contribution in [-0.2, 0) is 14.8 Å². The summed E-state index contributed by atoms with van der Waals surface area (Å²) in [4.78, 5) is 16.5. The predicted octanol–water partition coefficient (Wildman–Crippen LogP) is 1.78. The maximum atomic E-state index is 12.5. The predicted molar refractivity (Wildman–Crippen MR) is 84.7 cm³/mol. The lowest BCUT2D eigenvalue weighted by molar-refractivity contribution is -0.126. The smallest absolute Gasteiger partial charge is 0.267 e. The lowest BCUT2D eigenvalue weighted by Crippen LogP contribution is -2.40. The second-order valence-corrected chi connectivity index (χ2v) is 7.43. The lowest BCUT2D eigenvalue weighted by Gasteiger charge is -2.20. The number of hydrogen-bond acceptors (Lipinski definition) is 5. The van der Waals surface area contributed by atoms with Gasteiger partial charge in [0.1, 0.15) is 10.7 Å². The second-order valence-electron chi connectivity index (χ2n) is 5.78. The monoisotopic (exact) mass is 323 g/mol.